The average Bonchev–Trinajstić information content (AvgIpc) is 2.58. The quantitative estimate of drug-likeness (QED) is 0.534. The zero-order chi connectivity index (χ0) is 18.4. The fraction of sp³-hybridized carbons (Fsp3) is 0.368. The van der Waals surface area contributed by atoms with Crippen LogP contribution in [0.1, 0.15) is 21.7 Å². The number of nitrogens with zero attached hydrogens (tertiary/aromatic N) is 1. The molecule has 0 spiro atoms. The predicted molar refractivity (Wildman–Crippen MR) is 101 cm³/mol. The molecule has 0 saturated carbocycles. The lowest BCUT2D eigenvalue weighted by Crippen LogP contribution is -2.18. The van der Waals surface area contributed by atoms with Gasteiger partial charge < -0.3 is 14.0 Å². The number of pyridine rings is 1. The summed E-state index contributed by atoms with van der Waals surface area (Å²) in [6, 6.07) is 8.26. The summed E-state index contributed by atoms with van der Waals surface area (Å²) in [5.41, 5.74) is 2.04. The zero-order valence-electron chi connectivity index (χ0n) is 15.0. The first-order chi connectivity index (χ1) is 12.0. The second kappa shape index (κ2) is 8.76. The second-order valence-electron chi connectivity index (χ2n) is 5.69. The highest BCUT2D eigenvalue weighted by Gasteiger charge is 2.13. The molecule has 0 aliphatic heterocycles. The number of carbonyl (C=O) groups is 1. The molecule has 0 fully saturated rings. The van der Waals surface area contributed by atoms with Crippen molar-refractivity contribution in [2.24, 2.45) is 0 Å². The summed E-state index contributed by atoms with van der Waals surface area (Å²) in [5.74, 6) is 1.98. The minimum absolute atomic E-state index is 0.0485. The van der Waals surface area contributed by atoms with Crippen molar-refractivity contribution in [1.29, 1.82) is 0 Å². The van der Waals surface area contributed by atoms with E-state index in [1.165, 1.54) is 12.1 Å². The summed E-state index contributed by atoms with van der Waals surface area (Å²) in [5, 5.41) is 0. The molecule has 0 aliphatic rings. The molecule has 25 heavy (non-hydrogen) atoms. The van der Waals surface area contributed by atoms with Crippen LogP contribution in [-0.2, 0) is 6.54 Å². The second-order valence-corrected chi connectivity index (χ2v) is 6.68. The van der Waals surface area contributed by atoms with Crippen molar-refractivity contribution in [3.63, 3.8) is 0 Å². The third-order valence-corrected chi connectivity index (χ3v) is 4.46. The van der Waals surface area contributed by atoms with Gasteiger partial charge in [0.1, 0.15) is 0 Å². The molecule has 0 aliphatic carbocycles. The van der Waals surface area contributed by atoms with Crippen molar-refractivity contribution in [2.75, 3.05) is 25.7 Å². The number of aryl methyl sites for hydroxylation is 2. The molecule has 1 aromatic heterocycles. The lowest BCUT2D eigenvalue weighted by Gasteiger charge is -2.15. The maximum atomic E-state index is 12.7. The van der Waals surface area contributed by atoms with Gasteiger partial charge in [-0.2, -0.15) is 11.8 Å². The lowest BCUT2D eigenvalue weighted by atomic mass is 10.1. The monoisotopic (exact) mass is 361 g/mol. The van der Waals surface area contributed by atoms with Gasteiger partial charge in [-0.25, -0.2) is 0 Å². The van der Waals surface area contributed by atoms with Crippen LogP contribution in [0.5, 0.6) is 11.5 Å². The number of thioether (sulfide) groups is 1. The van der Waals surface area contributed by atoms with Crippen LogP contribution in [0.25, 0.3) is 0 Å². The minimum Gasteiger partial charge on any atom is -0.493 e. The van der Waals surface area contributed by atoms with Crippen molar-refractivity contribution in [3.8, 4) is 11.5 Å². The van der Waals surface area contributed by atoms with Gasteiger partial charge in [-0.05, 0) is 38.3 Å². The summed E-state index contributed by atoms with van der Waals surface area (Å²) in [6.45, 7) is 4.38. The standard InChI is InChI=1S/C19H23NO4S/c1-13-9-16(21)10-14(2)20(13)12-17(22)15-5-6-18(23-3)19(11-15)24-7-8-25-4/h5-6,9-11H,7-8,12H2,1-4H3. The normalized spacial score (nSPS) is 10.6. The van der Waals surface area contributed by atoms with Gasteiger partial charge in [-0.15, -0.1) is 0 Å². The van der Waals surface area contributed by atoms with Crippen LogP contribution >= 0.6 is 11.8 Å². The number of Topliss-reactive ketones (excluding diaryl/α,β-unsaturated/α-hetero) is 1. The van der Waals surface area contributed by atoms with Crippen molar-refractivity contribution in [2.45, 2.75) is 20.4 Å². The van der Waals surface area contributed by atoms with Gasteiger partial charge in [0.05, 0.1) is 20.3 Å². The molecule has 2 aromatic rings. The first-order valence-corrected chi connectivity index (χ1v) is 9.36. The molecule has 134 valence electrons. The Balaban J connectivity index is 2.24. The van der Waals surface area contributed by atoms with Crippen LogP contribution in [0, 0.1) is 13.8 Å². The lowest BCUT2D eigenvalue weighted by molar-refractivity contribution is 0.0969. The smallest absolute Gasteiger partial charge is 0.182 e. The third kappa shape index (κ3) is 4.89. The molecule has 0 unspecified atom stereocenters. The summed E-state index contributed by atoms with van der Waals surface area (Å²) < 4.78 is 12.9. The van der Waals surface area contributed by atoms with Crippen LogP contribution in [-0.4, -0.2) is 36.1 Å². The molecule has 6 heteroatoms. The van der Waals surface area contributed by atoms with E-state index in [1.54, 1.807) is 37.1 Å². The number of ether oxygens (including phenoxy) is 2. The minimum atomic E-state index is -0.0489. The molecule has 0 amide bonds. The fourth-order valence-corrected chi connectivity index (χ4v) is 2.82. The highest BCUT2D eigenvalue weighted by molar-refractivity contribution is 7.98. The Morgan fingerprint density at radius 1 is 1.12 bits per heavy atom. The fourth-order valence-electron chi connectivity index (χ4n) is 2.57. The Bertz CT molecular complexity index is 787. The number of rotatable bonds is 8. The van der Waals surface area contributed by atoms with E-state index in [4.69, 9.17) is 9.47 Å². The summed E-state index contributed by atoms with van der Waals surface area (Å²) in [6.07, 6.45) is 2.01. The van der Waals surface area contributed by atoms with Gasteiger partial charge in [0.2, 0.25) is 0 Å². The molecule has 1 heterocycles. The summed E-state index contributed by atoms with van der Waals surface area (Å²) in [4.78, 5) is 24.2. The molecule has 0 bridgehead atoms. The van der Waals surface area contributed by atoms with E-state index >= 15 is 0 Å². The molecule has 0 saturated heterocycles. The number of benzene rings is 1. The van der Waals surface area contributed by atoms with E-state index in [0.29, 0.717) is 23.7 Å². The highest BCUT2D eigenvalue weighted by atomic mass is 32.2. The van der Waals surface area contributed by atoms with Gasteiger partial charge in [0, 0.05) is 34.8 Å². The Morgan fingerprint density at radius 3 is 2.40 bits per heavy atom. The van der Waals surface area contributed by atoms with E-state index in [9.17, 15) is 9.59 Å². The van der Waals surface area contributed by atoms with E-state index in [-0.39, 0.29) is 17.8 Å². The van der Waals surface area contributed by atoms with Crippen LogP contribution in [0.4, 0.5) is 0 Å². The molecular weight excluding hydrogens is 338 g/mol. The van der Waals surface area contributed by atoms with Crippen molar-refractivity contribution < 1.29 is 14.3 Å². The summed E-state index contributed by atoms with van der Waals surface area (Å²) >= 11 is 1.69. The number of hydrogen-bond acceptors (Lipinski definition) is 5. The topological polar surface area (TPSA) is 57.5 Å². The Kier molecular flexibility index (Phi) is 6.70. The van der Waals surface area contributed by atoms with Gasteiger partial charge >= 0.3 is 0 Å². The average molecular weight is 361 g/mol. The number of hydrogen-bond donors (Lipinski definition) is 0. The number of methoxy groups -OCH3 is 1. The van der Waals surface area contributed by atoms with Gasteiger partial charge in [0.25, 0.3) is 0 Å². The zero-order valence-corrected chi connectivity index (χ0v) is 15.8. The van der Waals surface area contributed by atoms with Crippen LogP contribution < -0.4 is 14.9 Å². The molecule has 1 aromatic carbocycles. The maximum absolute atomic E-state index is 12.7. The Hall–Kier alpha value is -2.21. The molecule has 0 atom stereocenters. The van der Waals surface area contributed by atoms with Crippen LogP contribution in [0.2, 0.25) is 0 Å². The first kappa shape index (κ1) is 19.1. The van der Waals surface area contributed by atoms with Crippen LogP contribution in [0.15, 0.2) is 35.1 Å². The van der Waals surface area contributed by atoms with E-state index in [2.05, 4.69) is 0 Å². The molecule has 2 rings (SSSR count). The van der Waals surface area contributed by atoms with E-state index in [0.717, 1.165) is 17.1 Å². The van der Waals surface area contributed by atoms with E-state index in [1.807, 2.05) is 24.7 Å². The Morgan fingerprint density at radius 2 is 1.80 bits per heavy atom. The van der Waals surface area contributed by atoms with Gasteiger partial charge in [-0.3, -0.25) is 9.59 Å². The van der Waals surface area contributed by atoms with Crippen molar-refractivity contribution >= 4 is 17.5 Å². The molecule has 5 nitrogen and oxygen atoms in total. The van der Waals surface area contributed by atoms with Crippen molar-refractivity contribution in [3.05, 3.63) is 57.5 Å². The largest absolute Gasteiger partial charge is 0.493 e. The SMILES string of the molecule is COc1ccc(C(=O)Cn2c(C)cc(=O)cc2C)cc1OCCSC. The predicted octanol–water partition coefficient (Wildman–Crippen LogP) is 3.10. The van der Waals surface area contributed by atoms with Gasteiger partial charge in [-0.1, -0.05) is 0 Å². The molecule has 0 N–H and O–H groups in total. The number of aromatic nitrogens is 1. The molecular formula is C19H23NO4S. The number of ketones is 1. The maximum Gasteiger partial charge on any atom is 0.182 e. The van der Waals surface area contributed by atoms with E-state index < -0.39 is 0 Å². The van der Waals surface area contributed by atoms with Crippen LogP contribution in [0.3, 0.4) is 0 Å². The summed E-state index contributed by atoms with van der Waals surface area (Å²) in [7, 11) is 1.57. The number of carbonyl (C=O) groups excluding carboxylic acids is 1. The first-order valence-electron chi connectivity index (χ1n) is 7.97. The third-order valence-electron chi connectivity index (χ3n) is 3.89. The highest BCUT2D eigenvalue weighted by Crippen LogP contribution is 2.28. The van der Waals surface area contributed by atoms with Gasteiger partial charge in [0.15, 0.2) is 22.7 Å². The Labute approximate surface area is 152 Å². The molecule has 0 radical (unpaired) electrons. The van der Waals surface area contributed by atoms with Crippen molar-refractivity contribution in [1.82, 2.24) is 4.57 Å².